The first-order valence-corrected chi connectivity index (χ1v) is 10.5. The summed E-state index contributed by atoms with van der Waals surface area (Å²) in [5, 5.41) is 4.40. The van der Waals surface area contributed by atoms with Gasteiger partial charge in [0.15, 0.2) is 11.5 Å². The lowest BCUT2D eigenvalue weighted by Crippen LogP contribution is -2.15. The van der Waals surface area contributed by atoms with E-state index in [-0.39, 0.29) is 0 Å². The van der Waals surface area contributed by atoms with Crippen LogP contribution in [0.3, 0.4) is 0 Å². The van der Waals surface area contributed by atoms with Crippen LogP contribution in [0.4, 0.5) is 11.4 Å². The summed E-state index contributed by atoms with van der Waals surface area (Å²) in [7, 11) is 1.66. The van der Waals surface area contributed by atoms with E-state index in [4.69, 9.17) is 24.9 Å². The molecule has 1 aliphatic rings. The molecule has 0 atom stereocenters. The number of fused-ring (bicyclic) bond motifs is 2. The minimum absolute atomic E-state index is 0.570. The number of hydrogen-bond donors (Lipinski definition) is 2. The van der Waals surface area contributed by atoms with Gasteiger partial charge in [-0.15, -0.1) is 11.3 Å². The number of ether oxygens (including phenoxy) is 3. The minimum atomic E-state index is 0.570. The van der Waals surface area contributed by atoms with Crippen molar-refractivity contribution in [3.05, 3.63) is 59.5 Å². The second-order valence-corrected chi connectivity index (χ2v) is 8.02. The summed E-state index contributed by atoms with van der Waals surface area (Å²) in [6, 6.07) is 17.8. The van der Waals surface area contributed by atoms with E-state index >= 15 is 0 Å². The van der Waals surface area contributed by atoms with Crippen LogP contribution in [0.2, 0.25) is 0 Å². The quantitative estimate of drug-likeness (QED) is 0.477. The summed E-state index contributed by atoms with van der Waals surface area (Å²) in [4.78, 5) is 6.81. The third-order valence-electron chi connectivity index (χ3n) is 5.03. The lowest BCUT2D eigenvalue weighted by atomic mass is 10.1. The zero-order valence-electron chi connectivity index (χ0n) is 16.5. The topological polar surface area (TPSA) is 78.6 Å². The molecule has 0 saturated heterocycles. The Morgan fingerprint density at radius 1 is 1.07 bits per heavy atom. The van der Waals surface area contributed by atoms with Gasteiger partial charge in [-0.25, -0.2) is 4.98 Å². The highest BCUT2D eigenvalue weighted by Crippen LogP contribution is 2.36. The second-order valence-electron chi connectivity index (χ2n) is 6.93. The van der Waals surface area contributed by atoms with Crippen molar-refractivity contribution >= 4 is 32.9 Å². The Balaban J connectivity index is 1.39. The van der Waals surface area contributed by atoms with Gasteiger partial charge in [0, 0.05) is 27.6 Å². The molecular formula is C23H21N3O3S. The van der Waals surface area contributed by atoms with Gasteiger partial charge >= 0.3 is 0 Å². The van der Waals surface area contributed by atoms with Crippen LogP contribution in [-0.4, -0.2) is 25.3 Å². The number of benzene rings is 2. The number of anilines is 2. The van der Waals surface area contributed by atoms with E-state index in [9.17, 15) is 0 Å². The Kier molecular flexibility index (Phi) is 4.80. The molecule has 0 spiro atoms. The van der Waals surface area contributed by atoms with Crippen LogP contribution in [-0.2, 0) is 6.54 Å². The fraction of sp³-hybridized carbons (Fsp3) is 0.174. The Morgan fingerprint density at radius 2 is 1.93 bits per heavy atom. The van der Waals surface area contributed by atoms with Crippen molar-refractivity contribution in [2.45, 2.75) is 6.54 Å². The van der Waals surface area contributed by atoms with Crippen LogP contribution in [0.1, 0.15) is 4.88 Å². The van der Waals surface area contributed by atoms with Crippen LogP contribution in [0, 0.1) is 0 Å². The van der Waals surface area contributed by atoms with Gasteiger partial charge in [0.25, 0.3) is 0 Å². The van der Waals surface area contributed by atoms with Gasteiger partial charge < -0.3 is 25.3 Å². The number of hydrogen-bond acceptors (Lipinski definition) is 7. The van der Waals surface area contributed by atoms with Gasteiger partial charge in [-0.2, -0.15) is 0 Å². The van der Waals surface area contributed by atoms with Crippen molar-refractivity contribution in [1.82, 2.24) is 4.98 Å². The Bertz CT molecular complexity index is 1220. The lowest BCUT2D eigenvalue weighted by Gasteiger charge is -2.19. The predicted molar refractivity (Wildman–Crippen MR) is 121 cm³/mol. The Morgan fingerprint density at radius 3 is 2.80 bits per heavy atom. The number of nitrogens with two attached hydrogens (primary N) is 1. The van der Waals surface area contributed by atoms with Gasteiger partial charge in [0.1, 0.15) is 23.8 Å². The molecule has 4 aromatic rings. The highest BCUT2D eigenvalue weighted by atomic mass is 32.1. The summed E-state index contributed by atoms with van der Waals surface area (Å²) in [6.07, 6.45) is 0. The molecule has 3 heterocycles. The highest BCUT2D eigenvalue weighted by Gasteiger charge is 2.14. The molecule has 2 aromatic carbocycles. The van der Waals surface area contributed by atoms with E-state index in [0.29, 0.717) is 19.8 Å². The van der Waals surface area contributed by atoms with E-state index in [1.165, 1.54) is 0 Å². The fourth-order valence-electron chi connectivity index (χ4n) is 3.46. The van der Waals surface area contributed by atoms with Crippen molar-refractivity contribution in [3.63, 3.8) is 0 Å². The molecular weight excluding hydrogens is 398 g/mol. The summed E-state index contributed by atoms with van der Waals surface area (Å²) in [6.45, 7) is 1.77. The Hall–Kier alpha value is -3.45. The van der Waals surface area contributed by atoms with Crippen molar-refractivity contribution in [2.24, 2.45) is 0 Å². The summed E-state index contributed by atoms with van der Waals surface area (Å²) < 4.78 is 16.6. The first kappa shape index (κ1) is 18.6. The van der Waals surface area contributed by atoms with E-state index in [1.807, 2.05) is 54.6 Å². The molecule has 30 heavy (non-hydrogen) atoms. The number of nitrogens with one attached hydrogen (secondary N) is 1. The molecule has 152 valence electrons. The van der Waals surface area contributed by atoms with Crippen LogP contribution < -0.4 is 25.3 Å². The van der Waals surface area contributed by atoms with E-state index < -0.39 is 0 Å². The standard InChI is InChI=1S/C23H21N3O3S/c1-27-16-4-2-3-14(11-16)18-7-6-17-22(24)21(30-23(17)26-18)13-25-15-5-8-19-20(12-15)29-10-9-28-19/h2-8,11-12,25H,9-10,13,24H2,1H3. The summed E-state index contributed by atoms with van der Waals surface area (Å²) >= 11 is 1.60. The zero-order valence-corrected chi connectivity index (χ0v) is 17.3. The monoisotopic (exact) mass is 419 g/mol. The maximum absolute atomic E-state index is 6.41. The third kappa shape index (κ3) is 3.48. The third-order valence-corrected chi connectivity index (χ3v) is 6.15. The smallest absolute Gasteiger partial charge is 0.163 e. The maximum atomic E-state index is 6.41. The molecule has 5 rings (SSSR count). The normalized spacial score (nSPS) is 12.7. The average molecular weight is 420 g/mol. The van der Waals surface area contributed by atoms with Gasteiger partial charge in [0.2, 0.25) is 0 Å². The van der Waals surface area contributed by atoms with Gasteiger partial charge in [-0.05, 0) is 36.4 Å². The largest absolute Gasteiger partial charge is 0.497 e. The molecule has 7 heteroatoms. The van der Waals surface area contributed by atoms with Crippen LogP contribution in [0.15, 0.2) is 54.6 Å². The molecule has 0 bridgehead atoms. The molecule has 0 unspecified atom stereocenters. The number of nitrogen functional groups attached to an aromatic ring is 1. The molecule has 0 amide bonds. The highest BCUT2D eigenvalue weighted by molar-refractivity contribution is 7.19. The SMILES string of the molecule is COc1cccc(-c2ccc3c(N)c(CNc4ccc5c(c4)OCCO5)sc3n2)c1. The summed E-state index contributed by atoms with van der Waals surface area (Å²) in [5.74, 6) is 2.35. The fourth-order valence-corrected chi connectivity index (χ4v) is 4.48. The molecule has 0 aliphatic carbocycles. The molecule has 0 fully saturated rings. The molecule has 0 saturated carbocycles. The van der Waals surface area contributed by atoms with Crippen molar-refractivity contribution < 1.29 is 14.2 Å². The summed E-state index contributed by atoms with van der Waals surface area (Å²) in [5.41, 5.74) is 10.1. The van der Waals surface area contributed by atoms with E-state index in [0.717, 1.165) is 55.0 Å². The Labute approximate surface area is 178 Å². The molecule has 3 N–H and O–H groups in total. The number of pyridine rings is 1. The van der Waals surface area contributed by atoms with E-state index in [1.54, 1.807) is 18.4 Å². The van der Waals surface area contributed by atoms with E-state index in [2.05, 4.69) is 5.32 Å². The second kappa shape index (κ2) is 7.76. The van der Waals surface area contributed by atoms with Crippen molar-refractivity contribution in [1.29, 1.82) is 0 Å². The molecule has 6 nitrogen and oxygen atoms in total. The van der Waals surface area contributed by atoms with Gasteiger partial charge in [-0.1, -0.05) is 12.1 Å². The first-order valence-electron chi connectivity index (χ1n) is 9.67. The molecule has 1 aliphatic heterocycles. The number of nitrogens with zero attached hydrogens (tertiary/aromatic N) is 1. The maximum Gasteiger partial charge on any atom is 0.163 e. The van der Waals surface area contributed by atoms with Gasteiger partial charge in [0.05, 0.1) is 25.0 Å². The van der Waals surface area contributed by atoms with Crippen LogP contribution in [0.5, 0.6) is 17.2 Å². The van der Waals surface area contributed by atoms with Crippen LogP contribution in [0.25, 0.3) is 21.5 Å². The average Bonchev–Trinajstić information content (AvgIpc) is 3.12. The van der Waals surface area contributed by atoms with Crippen molar-refractivity contribution in [3.8, 4) is 28.5 Å². The number of rotatable bonds is 5. The van der Waals surface area contributed by atoms with Crippen LogP contribution >= 0.6 is 11.3 Å². The predicted octanol–water partition coefficient (Wildman–Crippen LogP) is 4.94. The molecule has 2 aromatic heterocycles. The number of aromatic nitrogens is 1. The van der Waals surface area contributed by atoms with Gasteiger partial charge in [-0.3, -0.25) is 0 Å². The van der Waals surface area contributed by atoms with Crippen molar-refractivity contribution in [2.75, 3.05) is 31.4 Å². The molecule has 0 radical (unpaired) electrons. The first-order chi connectivity index (χ1) is 14.7. The lowest BCUT2D eigenvalue weighted by molar-refractivity contribution is 0.171. The minimum Gasteiger partial charge on any atom is -0.497 e. The number of methoxy groups -OCH3 is 1. The zero-order chi connectivity index (χ0) is 20.5. The number of thiophene rings is 1.